The van der Waals surface area contributed by atoms with Crippen molar-refractivity contribution in [2.75, 3.05) is 6.79 Å². The normalized spacial score (nSPS) is 12.5. The largest absolute Gasteiger partial charge is 0.454 e. The summed E-state index contributed by atoms with van der Waals surface area (Å²) < 4.78 is 11.1. The Balaban J connectivity index is 1.69. The highest BCUT2D eigenvalue weighted by atomic mass is 35.5. The van der Waals surface area contributed by atoms with Crippen molar-refractivity contribution in [3.63, 3.8) is 0 Å². The maximum absolute atomic E-state index is 12.1. The van der Waals surface area contributed by atoms with Crippen LogP contribution in [0.3, 0.4) is 0 Å². The Kier molecular flexibility index (Phi) is 3.54. The first-order chi connectivity index (χ1) is 9.65. The first kappa shape index (κ1) is 13.3. The van der Waals surface area contributed by atoms with Gasteiger partial charge in [-0.05, 0) is 35.6 Å². The van der Waals surface area contributed by atoms with Gasteiger partial charge in [0.15, 0.2) is 11.5 Å². The number of benzene rings is 1. The summed E-state index contributed by atoms with van der Waals surface area (Å²) in [5.41, 5.74) is 2.40. The lowest BCUT2D eigenvalue weighted by molar-refractivity contribution is 0.0951. The zero-order valence-corrected chi connectivity index (χ0v) is 12.3. The molecular weight excluding hydrogens is 298 g/mol. The summed E-state index contributed by atoms with van der Waals surface area (Å²) in [5.74, 6) is 1.28. The van der Waals surface area contributed by atoms with Gasteiger partial charge in [0.1, 0.15) is 4.34 Å². The number of halogens is 1. The summed E-state index contributed by atoms with van der Waals surface area (Å²) in [5, 5.41) is 4.73. The number of carbonyl (C=O) groups excluding carboxylic acids is 1. The van der Waals surface area contributed by atoms with Crippen molar-refractivity contribution in [1.29, 1.82) is 0 Å². The van der Waals surface area contributed by atoms with E-state index in [-0.39, 0.29) is 12.7 Å². The van der Waals surface area contributed by atoms with Crippen molar-refractivity contribution in [3.05, 3.63) is 44.6 Å². The van der Waals surface area contributed by atoms with E-state index in [9.17, 15) is 4.79 Å². The van der Waals surface area contributed by atoms with Crippen LogP contribution in [0.1, 0.15) is 21.5 Å². The van der Waals surface area contributed by atoms with Gasteiger partial charge >= 0.3 is 0 Å². The number of nitrogens with one attached hydrogen (secondary N) is 1. The van der Waals surface area contributed by atoms with Crippen molar-refractivity contribution in [2.45, 2.75) is 13.5 Å². The van der Waals surface area contributed by atoms with E-state index in [2.05, 4.69) is 5.32 Å². The number of ether oxygens (including phenoxy) is 2. The number of thiophene rings is 1. The van der Waals surface area contributed by atoms with Gasteiger partial charge < -0.3 is 14.8 Å². The highest BCUT2D eigenvalue weighted by Crippen LogP contribution is 2.32. The predicted molar refractivity (Wildman–Crippen MR) is 77.8 cm³/mol. The van der Waals surface area contributed by atoms with Gasteiger partial charge in [0.2, 0.25) is 6.79 Å². The Labute approximate surface area is 125 Å². The van der Waals surface area contributed by atoms with Crippen LogP contribution >= 0.6 is 22.9 Å². The van der Waals surface area contributed by atoms with Crippen LogP contribution in [0.25, 0.3) is 0 Å². The molecule has 1 N–H and O–H groups in total. The minimum Gasteiger partial charge on any atom is -0.454 e. The molecule has 1 aliphatic heterocycles. The lowest BCUT2D eigenvalue weighted by Gasteiger charge is -2.06. The lowest BCUT2D eigenvalue weighted by Crippen LogP contribution is -2.23. The number of carbonyl (C=O) groups is 1. The van der Waals surface area contributed by atoms with E-state index < -0.39 is 0 Å². The molecule has 0 radical (unpaired) electrons. The molecule has 0 saturated carbocycles. The Morgan fingerprint density at radius 2 is 2.20 bits per heavy atom. The fourth-order valence-corrected chi connectivity index (χ4v) is 3.14. The molecular formula is C14H12ClNO3S. The van der Waals surface area contributed by atoms with Crippen LogP contribution < -0.4 is 14.8 Å². The molecule has 0 aliphatic carbocycles. The topological polar surface area (TPSA) is 47.6 Å². The summed E-state index contributed by atoms with van der Waals surface area (Å²) >= 11 is 7.38. The molecule has 2 aromatic rings. The number of hydrogen-bond acceptors (Lipinski definition) is 4. The van der Waals surface area contributed by atoms with Crippen molar-refractivity contribution >= 4 is 28.8 Å². The van der Waals surface area contributed by atoms with Crippen LogP contribution in [0.2, 0.25) is 4.34 Å². The van der Waals surface area contributed by atoms with E-state index in [4.69, 9.17) is 21.1 Å². The Bertz CT molecular complexity index is 649. The van der Waals surface area contributed by atoms with Crippen LogP contribution in [-0.2, 0) is 6.54 Å². The molecule has 0 spiro atoms. The quantitative estimate of drug-likeness (QED) is 0.945. The molecule has 0 saturated heterocycles. The predicted octanol–water partition coefficient (Wildman–Crippen LogP) is 3.37. The number of hydrogen-bond donors (Lipinski definition) is 1. The van der Waals surface area contributed by atoms with Gasteiger partial charge in [-0.25, -0.2) is 0 Å². The average Bonchev–Trinajstić information content (AvgIpc) is 3.02. The SMILES string of the molecule is Cc1csc(Cl)c1C(=O)NCc1ccc2c(c1)OCO2. The third kappa shape index (κ3) is 2.46. The van der Waals surface area contributed by atoms with Crippen LogP contribution in [0.5, 0.6) is 11.5 Å². The zero-order chi connectivity index (χ0) is 14.1. The molecule has 0 fully saturated rings. The molecule has 0 atom stereocenters. The smallest absolute Gasteiger partial charge is 0.254 e. The molecule has 2 heterocycles. The lowest BCUT2D eigenvalue weighted by atomic mass is 10.2. The van der Waals surface area contributed by atoms with E-state index in [0.29, 0.717) is 22.2 Å². The van der Waals surface area contributed by atoms with E-state index in [1.807, 2.05) is 30.5 Å². The Hall–Kier alpha value is -1.72. The third-order valence-electron chi connectivity index (χ3n) is 3.05. The number of amides is 1. The van der Waals surface area contributed by atoms with Crippen molar-refractivity contribution in [2.24, 2.45) is 0 Å². The summed E-state index contributed by atoms with van der Waals surface area (Å²) in [6, 6.07) is 5.60. The maximum Gasteiger partial charge on any atom is 0.254 e. The fourth-order valence-electron chi connectivity index (χ4n) is 2.00. The average molecular weight is 310 g/mol. The van der Waals surface area contributed by atoms with Crippen molar-refractivity contribution in [1.82, 2.24) is 5.32 Å². The minimum absolute atomic E-state index is 0.161. The van der Waals surface area contributed by atoms with Crippen LogP contribution in [0, 0.1) is 6.92 Å². The Morgan fingerprint density at radius 3 is 2.95 bits per heavy atom. The van der Waals surface area contributed by atoms with E-state index >= 15 is 0 Å². The second-order valence-electron chi connectivity index (χ2n) is 4.44. The first-order valence-corrected chi connectivity index (χ1v) is 7.31. The molecule has 0 bridgehead atoms. The molecule has 1 amide bonds. The van der Waals surface area contributed by atoms with Gasteiger partial charge in [0, 0.05) is 6.54 Å². The number of fused-ring (bicyclic) bond motifs is 1. The monoisotopic (exact) mass is 309 g/mol. The standard InChI is InChI=1S/C14H12ClNO3S/c1-8-6-20-13(15)12(8)14(17)16-5-9-2-3-10-11(4-9)19-7-18-10/h2-4,6H,5,7H2,1H3,(H,16,17). The molecule has 104 valence electrons. The molecule has 1 aromatic carbocycles. The van der Waals surface area contributed by atoms with Gasteiger partial charge in [-0.1, -0.05) is 17.7 Å². The molecule has 20 heavy (non-hydrogen) atoms. The van der Waals surface area contributed by atoms with Crippen LogP contribution in [-0.4, -0.2) is 12.7 Å². The number of aryl methyl sites for hydroxylation is 1. The molecule has 1 aromatic heterocycles. The summed E-state index contributed by atoms with van der Waals surface area (Å²) in [6.45, 7) is 2.54. The highest BCUT2D eigenvalue weighted by molar-refractivity contribution is 7.15. The zero-order valence-electron chi connectivity index (χ0n) is 10.7. The summed E-state index contributed by atoms with van der Waals surface area (Å²) in [7, 11) is 0. The van der Waals surface area contributed by atoms with E-state index in [1.54, 1.807) is 0 Å². The molecule has 0 unspecified atom stereocenters. The van der Waals surface area contributed by atoms with Crippen molar-refractivity contribution in [3.8, 4) is 11.5 Å². The van der Waals surface area contributed by atoms with Gasteiger partial charge in [0.05, 0.1) is 5.56 Å². The van der Waals surface area contributed by atoms with E-state index in [1.165, 1.54) is 11.3 Å². The fraction of sp³-hybridized carbons (Fsp3) is 0.214. The maximum atomic E-state index is 12.1. The minimum atomic E-state index is -0.161. The van der Waals surface area contributed by atoms with Gasteiger partial charge in [0.25, 0.3) is 5.91 Å². The molecule has 4 nitrogen and oxygen atoms in total. The Morgan fingerprint density at radius 1 is 1.40 bits per heavy atom. The van der Waals surface area contributed by atoms with E-state index in [0.717, 1.165) is 16.9 Å². The van der Waals surface area contributed by atoms with Gasteiger partial charge in [-0.15, -0.1) is 11.3 Å². The van der Waals surface area contributed by atoms with Crippen molar-refractivity contribution < 1.29 is 14.3 Å². The van der Waals surface area contributed by atoms with Crippen LogP contribution in [0.15, 0.2) is 23.6 Å². The first-order valence-electron chi connectivity index (χ1n) is 6.05. The second kappa shape index (κ2) is 5.34. The number of rotatable bonds is 3. The highest BCUT2D eigenvalue weighted by Gasteiger charge is 2.16. The molecule has 6 heteroatoms. The third-order valence-corrected chi connectivity index (χ3v) is 4.39. The second-order valence-corrected chi connectivity index (χ2v) is 5.92. The van der Waals surface area contributed by atoms with Crippen LogP contribution in [0.4, 0.5) is 0 Å². The van der Waals surface area contributed by atoms with Gasteiger partial charge in [-0.2, -0.15) is 0 Å². The molecule has 3 rings (SSSR count). The van der Waals surface area contributed by atoms with Gasteiger partial charge in [-0.3, -0.25) is 4.79 Å². The summed E-state index contributed by atoms with van der Waals surface area (Å²) in [4.78, 5) is 12.1. The summed E-state index contributed by atoms with van der Waals surface area (Å²) in [6.07, 6.45) is 0. The molecule has 1 aliphatic rings.